The Hall–Kier alpha value is -0.0800. The topological polar surface area (TPSA) is 15.3 Å². The molecule has 0 aromatic rings. The Morgan fingerprint density at radius 2 is 2.00 bits per heavy atom. The average Bonchev–Trinajstić information content (AvgIpc) is 2.66. The molecule has 1 N–H and O–H groups in total. The Labute approximate surface area is 101 Å². The fourth-order valence-electron chi connectivity index (χ4n) is 3.58. The van der Waals surface area contributed by atoms with Crippen molar-refractivity contribution in [2.24, 2.45) is 5.41 Å². The SMILES string of the molecule is CCNC1CCCN(CC2(C)CCCC2)C1. The van der Waals surface area contributed by atoms with Crippen molar-refractivity contribution >= 4 is 0 Å². The molecule has 0 aromatic heterocycles. The van der Waals surface area contributed by atoms with Crippen LogP contribution in [0, 0.1) is 5.41 Å². The summed E-state index contributed by atoms with van der Waals surface area (Å²) in [4.78, 5) is 2.71. The highest BCUT2D eigenvalue weighted by atomic mass is 15.2. The van der Waals surface area contributed by atoms with Crippen molar-refractivity contribution < 1.29 is 0 Å². The second-order valence-corrected chi connectivity index (χ2v) is 6.15. The number of likely N-dealkylation sites (N-methyl/N-ethyl adjacent to an activating group) is 1. The molecule has 16 heavy (non-hydrogen) atoms. The molecule has 2 aliphatic rings. The first-order valence-electron chi connectivity index (χ1n) is 7.18. The van der Waals surface area contributed by atoms with E-state index < -0.39 is 0 Å². The molecule has 1 heterocycles. The second kappa shape index (κ2) is 5.50. The Morgan fingerprint density at radius 3 is 2.69 bits per heavy atom. The van der Waals surface area contributed by atoms with Gasteiger partial charge in [0.1, 0.15) is 0 Å². The first-order chi connectivity index (χ1) is 7.72. The Morgan fingerprint density at radius 1 is 1.25 bits per heavy atom. The molecule has 0 amide bonds. The third-order valence-electron chi connectivity index (χ3n) is 4.41. The van der Waals surface area contributed by atoms with Crippen LogP contribution in [0.1, 0.15) is 52.4 Å². The minimum atomic E-state index is 0.633. The van der Waals surface area contributed by atoms with Gasteiger partial charge in [-0.2, -0.15) is 0 Å². The summed E-state index contributed by atoms with van der Waals surface area (Å²) in [6.07, 6.45) is 8.58. The zero-order valence-corrected chi connectivity index (χ0v) is 11.1. The van der Waals surface area contributed by atoms with Crippen LogP contribution in [0.15, 0.2) is 0 Å². The maximum absolute atomic E-state index is 3.61. The smallest absolute Gasteiger partial charge is 0.0195 e. The molecule has 0 radical (unpaired) electrons. The molecule has 1 atom stereocenters. The fourth-order valence-corrected chi connectivity index (χ4v) is 3.58. The maximum atomic E-state index is 3.61. The third-order valence-corrected chi connectivity index (χ3v) is 4.41. The number of rotatable bonds is 4. The van der Waals surface area contributed by atoms with Crippen molar-refractivity contribution in [3.05, 3.63) is 0 Å². The minimum Gasteiger partial charge on any atom is -0.313 e. The summed E-state index contributed by atoms with van der Waals surface area (Å²) in [7, 11) is 0. The lowest BCUT2D eigenvalue weighted by Crippen LogP contribution is -2.48. The average molecular weight is 224 g/mol. The lowest BCUT2D eigenvalue weighted by atomic mass is 9.87. The van der Waals surface area contributed by atoms with E-state index in [1.165, 1.54) is 58.2 Å². The predicted octanol–water partition coefficient (Wildman–Crippen LogP) is 2.64. The number of nitrogens with one attached hydrogen (secondary N) is 1. The van der Waals surface area contributed by atoms with Crippen molar-refractivity contribution in [2.75, 3.05) is 26.2 Å². The molecule has 94 valence electrons. The van der Waals surface area contributed by atoms with Crippen molar-refractivity contribution in [3.8, 4) is 0 Å². The van der Waals surface area contributed by atoms with Gasteiger partial charge in [0.15, 0.2) is 0 Å². The standard InChI is InChI=1S/C14H28N2/c1-3-15-13-7-6-10-16(11-13)12-14(2)8-4-5-9-14/h13,15H,3-12H2,1-2H3. The number of likely N-dealkylation sites (tertiary alicyclic amines) is 1. The van der Waals surface area contributed by atoms with Crippen molar-refractivity contribution in [1.29, 1.82) is 0 Å². The van der Waals surface area contributed by atoms with E-state index in [4.69, 9.17) is 0 Å². The Balaban J connectivity index is 1.80. The minimum absolute atomic E-state index is 0.633. The number of piperidine rings is 1. The van der Waals surface area contributed by atoms with Crippen LogP contribution >= 0.6 is 0 Å². The van der Waals surface area contributed by atoms with Crippen molar-refractivity contribution in [1.82, 2.24) is 10.2 Å². The van der Waals surface area contributed by atoms with E-state index in [0.717, 1.165) is 12.6 Å². The predicted molar refractivity (Wildman–Crippen MR) is 69.7 cm³/mol. The molecule has 1 aliphatic carbocycles. The van der Waals surface area contributed by atoms with Crippen LogP contribution in [0.25, 0.3) is 0 Å². The fraction of sp³-hybridized carbons (Fsp3) is 1.00. The summed E-state index contributed by atoms with van der Waals surface area (Å²) in [6, 6.07) is 0.753. The van der Waals surface area contributed by atoms with Crippen molar-refractivity contribution in [2.45, 2.75) is 58.4 Å². The zero-order valence-electron chi connectivity index (χ0n) is 11.1. The third kappa shape index (κ3) is 3.21. The summed E-state index contributed by atoms with van der Waals surface area (Å²) in [5.41, 5.74) is 0.633. The van der Waals surface area contributed by atoms with Gasteiger partial charge < -0.3 is 10.2 Å². The van der Waals surface area contributed by atoms with Gasteiger partial charge in [0.25, 0.3) is 0 Å². The van der Waals surface area contributed by atoms with E-state index in [1.54, 1.807) is 0 Å². The van der Waals surface area contributed by atoms with Crippen LogP contribution in [-0.4, -0.2) is 37.1 Å². The highest BCUT2D eigenvalue weighted by Crippen LogP contribution is 2.38. The summed E-state index contributed by atoms with van der Waals surface area (Å²) in [6.45, 7) is 9.79. The molecule has 2 fully saturated rings. The monoisotopic (exact) mass is 224 g/mol. The molecule has 0 spiro atoms. The quantitative estimate of drug-likeness (QED) is 0.790. The number of hydrogen-bond acceptors (Lipinski definition) is 2. The van der Waals surface area contributed by atoms with E-state index in [9.17, 15) is 0 Å². The maximum Gasteiger partial charge on any atom is 0.0195 e. The lowest BCUT2D eigenvalue weighted by molar-refractivity contribution is 0.126. The molecule has 1 aliphatic heterocycles. The van der Waals surface area contributed by atoms with E-state index in [0.29, 0.717) is 5.41 Å². The van der Waals surface area contributed by atoms with Gasteiger partial charge in [0.2, 0.25) is 0 Å². The van der Waals surface area contributed by atoms with Crippen LogP contribution in [0.5, 0.6) is 0 Å². The van der Waals surface area contributed by atoms with Gasteiger partial charge >= 0.3 is 0 Å². The molecule has 1 saturated carbocycles. The summed E-state index contributed by atoms with van der Waals surface area (Å²) < 4.78 is 0. The van der Waals surface area contributed by atoms with Crippen LogP contribution in [0.3, 0.4) is 0 Å². The first kappa shape index (κ1) is 12.4. The molecule has 2 nitrogen and oxygen atoms in total. The molecule has 2 heteroatoms. The number of hydrogen-bond donors (Lipinski definition) is 1. The van der Waals surface area contributed by atoms with Crippen LogP contribution in [0.4, 0.5) is 0 Å². The van der Waals surface area contributed by atoms with E-state index in [-0.39, 0.29) is 0 Å². The van der Waals surface area contributed by atoms with Gasteiger partial charge in [-0.25, -0.2) is 0 Å². The normalized spacial score (nSPS) is 30.8. The van der Waals surface area contributed by atoms with Crippen LogP contribution in [-0.2, 0) is 0 Å². The van der Waals surface area contributed by atoms with Crippen LogP contribution < -0.4 is 5.32 Å². The number of nitrogens with zero attached hydrogens (tertiary/aromatic N) is 1. The second-order valence-electron chi connectivity index (χ2n) is 6.15. The summed E-state index contributed by atoms with van der Waals surface area (Å²) in [5, 5.41) is 3.61. The van der Waals surface area contributed by atoms with Crippen LogP contribution in [0.2, 0.25) is 0 Å². The highest BCUT2D eigenvalue weighted by Gasteiger charge is 2.32. The van der Waals surface area contributed by atoms with Gasteiger partial charge in [-0.05, 0) is 44.2 Å². The Kier molecular flexibility index (Phi) is 4.26. The zero-order chi connectivity index (χ0) is 11.4. The molecule has 1 saturated heterocycles. The molecular weight excluding hydrogens is 196 g/mol. The van der Waals surface area contributed by atoms with E-state index in [2.05, 4.69) is 24.1 Å². The van der Waals surface area contributed by atoms with Gasteiger partial charge in [-0.1, -0.05) is 26.7 Å². The molecule has 1 unspecified atom stereocenters. The van der Waals surface area contributed by atoms with Gasteiger partial charge in [0, 0.05) is 19.1 Å². The molecule has 0 aromatic carbocycles. The largest absolute Gasteiger partial charge is 0.313 e. The van der Waals surface area contributed by atoms with Gasteiger partial charge in [0.05, 0.1) is 0 Å². The Bertz CT molecular complexity index is 207. The summed E-state index contributed by atoms with van der Waals surface area (Å²) in [5.74, 6) is 0. The summed E-state index contributed by atoms with van der Waals surface area (Å²) >= 11 is 0. The van der Waals surface area contributed by atoms with Gasteiger partial charge in [-0.15, -0.1) is 0 Å². The molecule has 0 bridgehead atoms. The van der Waals surface area contributed by atoms with E-state index >= 15 is 0 Å². The molecular formula is C14H28N2. The lowest BCUT2D eigenvalue weighted by Gasteiger charge is -2.38. The first-order valence-corrected chi connectivity index (χ1v) is 7.18. The van der Waals surface area contributed by atoms with Crippen molar-refractivity contribution in [3.63, 3.8) is 0 Å². The highest BCUT2D eigenvalue weighted by molar-refractivity contribution is 4.86. The van der Waals surface area contributed by atoms with E-state index in [1.807, 2.05) is 0 Å². The molecule has 2 rings (SSSR count). The van der Waals surface area contributed by atoms with Gasteiger partial charge in [-0.3, -0.25) is 0 Å².